The lowest BCUT2D eigenvalue weighted by Crippen LogP contribution is -2.31. The van der Waals surface area contributed by atoms with Crippen molar-refractivity contribution in [2.45, 2.75) is 22.0 Å². The maximum atomic E-state index is 13.2. The van der Waals surface area contributed by atoms with E-state index in [1.54, 1.807) is 60.0 Å². The Hall–Kier alpha value is -2.00. The van der Waals surface area contributed by atoms with Gasteiger partial charge in [-0.15, -0.1) is 11.3 Å². The molecule has 5 nitrogen and oxygen atoms in total. The van der Waals surface area contributed by atoms with Gasteiger partial charge >= 0.3 is 0 Å². The molecule has 3 rings (SSSR count). The van der Waals surface area contributed by atoms with Crippen molar-refractivity contribution in [1.29, 1.82) is 0 Å². The predicted octanol–water partition coefficient (Wildman–Crippen LogP) is 3.55. The third-order valence-corrected chi connectivity index (χ3v) is 8.77. The summed E-state index contributed by atoms with van der Waals surface area (Å²) in [5.41, 5.74) is 0.950. The van der Waals surface area contributed by atoms with E-state index >= 15 is 0 Å². The van der Waals surface area contributed by atoms with Gasteiger partial charge in [-0.2, -0.15) is 0 Å². The van der Waals surface area contributed by atoms with Crippen molar-refractivity contribution in [3.8, 4) is 0 Å². The van der Waals surface area contributed by atoms with Crippen LogP contribution in [0.2, 0.25) is 0 Å². The standard InChI is InChI=1S/C19H19NO4S3/c1-15-9-11-16(12-10-15)26(21,22)19(18-8-5-13-25-18)14-20-27(23,24)17-6-3-2-4-7-17/h2-13,19-20H,14H2,1H3/t19-/m1/s1. The van der Waals surface area contributed by atoms with Crippen LogP contribution in [0.4, 0.5) is 0 Å². The highest BCUT2D eigenvalue weighted by Crippen LogP contribution is 2.31. The number of sulfone groups is 1. The summed E-state index contributed by atoms with van der Waals surface area (Å²) in [4.78, 5) is 0.861. The van der Waals surface area contributed by atoms with E-state index < -0.39 is 25.1 Å². The summed E-state index contributed by atoms with van der Waals surface area (Å²) in [5, 5.41) is 0.775. The minimum Gasteiger partial charge on any atom is -0.223 e. The van der Waals surface area contributed by atoms with Crippen LogP contribution in [0.15, 0.2) is 81.9 Å². The molecule has 0 unspecified atom stereocenters. The minimum atomic E-state index is -3.81. The van der Waals surface area contributed by atoms with Gasteiger partial charge < -0.3 is 0 Å². The zero-order chi connectivity index (χ0) is 19.5. The molecule has 142 valence electrons. The van der Waals surface area contributed by atoms with Crippen molar-refractivity contribution in [2.75, 3.05) is 6.54 Å². The van der Waals surface area contributed by atoms with Crippen molar-refractivity contribution in [1.82, 2.24) is 4.72 Å². The number of hydrogen-bond acceptors (Lipinski definition) is 5. The smallest absolute Gasteiger partial charge is 0.223 e. The third-order valence-electron chi connectivity index (χ3n) is 4.10. The fourth-order valence-corrected chi connectivity index (χ4v) is 6.56. The lowest BCUT2D eigenvalue weighted by atomic mass is 10.2. The summed E-state index contributed by atoms with van der Waals surface area (Å²) in [7, 11) is -7.57. The van der Waals surface area contributed by atoms with Crippen LogP contribution >= 0.6 is 11.3 Å². The van der Waals surface area contributed by atoms with Crippen LogP contribution in [-0.2, 0) is 19.9 Å². The Bertz CT molecular complexity index is 1090. The lowest BCUT2D eigenvalue weighted by molar-refractivity contribution is 0.569. The van der Waals surface area contributed by atoms with Crippen LogP contribution in [0.5, 0.6) is 0 Å². The van der Waals surface area contributed by atoms with Gasteiger partial charge in [0.2, 0.25) is 10.0 Å². The molecule has 1 N–H and O–H groups in total. The van der Waals surface area contributed by atoms with Crippen LogP contribution in [0.1, 0.15) is 15.7 Å². The van der Waals surface area contributed by atoms with E-state index in [0.29, 0.717) is 4.88 Å². The second-order valence-corrected chi connectivity index (χ2v) is 10.9. The minimum absolute atomic E-state index is 0.0997. The SMILES string of the molecule is Cc1ccc(S(=O)(=O)[C@H](CNS(=O)(=O)c2ccccc2)c2cccs2)cc1. The zero-order valence-corrected chi connectivity index (χ0v) is 17.0. The van der Waals surface area contributed by atoms with Crippen molar-refractivity contribution in [2.24, 2.45) is 0 Å². The number of aryl methyl sites for hydroxylation is 1. The van der Waals surface area contributed by atoms with Crippen molar-refractivity contribution in [3.63, 3.8) is 0 Å². The van der Waals surface area contributed by atoms with Crippen LogP contribution in [0.3, 0.4) is 0 Å². The lowest BCUT2D eigenvalue weighted by Gasteiger charge is -2.18. The fourth-order valence-electron chi connectivity index (χ4n) is 2.60. The summed E-state index contributed by atoms with van der Waals surface area (Å²) in [5.74, 6) is 0. The molecular weight excluding hydrogens is 402 g/mol. The quantitative estimate of drug-likeness (QED) is 0.633. The Balaban J connectivity index is 1.92. The number of thiophene rings is 1. The van der Waals surface area contributed by atoms with Gasteiger partial charge in [-0.25, -0.2) is 21.6 Å². The number of sulfonamides is 1. The highest BCUT2D eigenvalue weighted by molar-refractivity contribution is 7.92. The molecule has 0 spiro atoms. The van der Waals surface area contributed by atoms with E-state index in [4.69, 9.17) is 0 Å². The fraction of sp³-hybridized carbons (Fsp3) is 0.158. The van der Waals surface area contributed by atoms with E-state index in [-0.39, 0.29) is 16.3 Å². The first kappa shape index (κ1) is 19.8. The molecule has 0 radical (unpaired) electrons. The number of benzene rings is 2. The monoisotopic (exact) mass is 421 g/mol. The normalized spacial score (nSPS) is 13.4. The number of rotatable bonds is 7. The largest absolute Gasteiger partial charge is 0.240 e. The summed E-state index contributed by atoms with van der Waals surface area (Å²) in [6, 6.07) is 17.9. The maximum Gasteiger partial charge on any atom is 0.240 e. The van der Waals surface area contributed by atoms with Gasteiger partial charge in [0.1, 0.15) is 5.25 Å². The van der Waals surface area contributed by atoms with Gasteiger partial charge in [0.05, 0.1) is 9.79 Å². The second kappa shape index (κ2) is 7.93. The Morgan fingerprint density at radius 1 is 0.852 bits per heavy atom. The Labute approximate surface area is 163 Å². The van der Waals surface area contributed by atoms with Gasteiger partial charge in [-0.3, -0.25) is 0 Å². The van der Waals surface area contributed by atoms with E-state index in [0.717, 1.165) is 5.56 Å². The predicted molar refractivity (Wildman–Crippen MR) is 107 cm³/mol. The molecule has 2 aromatic carbocycles. The highest BCUT2D eigenvalue weighted by atomic mass is 32.2. The van der Waals surface area contributed by atoms with Gasteiger partial charge in [0.15, 0.2) is 9.84 Å². The molecule has 0 bridgehead atoms. The highest BCUT2D eigenvalue weighted by Gasteiger charge is 2.31. The molecule has 0 aliphatic rings. The average molecular weight is 422 g/mol. The first-order valence-corrected chi connectivity index (χ1v) is 12.1. The average Bonchev–Trinajstić information content (AvgIpc) is 3.17. The first-order chi connectivity index (χ1) is 12.8. The summed E-state index contributed by atoms with van der Waals surface area (Å²) in [6.45, 7) is 1.63. The van der Waals surface area contributed by atoms with Crippen molar-refractivity contribution >= 4 is 31.2 Å². The molecule has 8 heteroatoms. The molecule has 0 aliphatic heterocycles. The first-order valence-electron chi connectivity index (χ1n) is 8.19. The molecule has 0 aliphatic carbocycles. The molecule has 1 heterocycles. The Morgan fingerprint density at radius 2 is 1.52 bits per heavy atom. The van der Waals surface area contributed by atoms with Crippen LogP contribution in [-0.4, -0.2) is 23.4 Å². The second-order valence-electron chi connectivity index (χ2n) is 6.03. The molecule has 0 saturated carbocycles. The Morgan fingerprint density at radius 3 is 2.11 bits per heavy atom. The van der Waals surface area contributed by atoms with Crippen LogP contribution < -0.4 is 4.72 Å². The summed E-state index contributed by atoms with van der Waals surface area (Å²) < 4.78 is 53.8. The number of hydrogen-bond donors (Lipinski definition) is 1. The van der Waals surface area contributed by atoms with E-state index in [9.17, 15) is 16.8 Å². The topological polar surface area (TPSA) is 80.3 Å². The molecule has 0 fully saturated rings. The summed E-state index contributed by atoms with van der Waals surface area (Å²) >= 11 is 1.29. The molecule has 27 heavy (non-hydrogen) atoms. The van der Waals surface area contributed by atoms with E-state index in [1.165, 1.54) is 23.5 Å². The Kier molecular flexibility index (Phi) is 5.81. The summed E-state index contributed by atoms with van der Waals surface area (Å²) in [6.07, 6.45) is 0. The molecule has 0 amide bonds. The van der Waals surface area contributed by atoms with Crippen molar-refractivity contribution in [3.05, 3.63) is 82.6 Å². The van der Waals surface area contributed by atoms with Gasteiger partial charge in [-0.1, -0.05) is 42.0 Å². The molecule has 0 saturated heterocycles. The van der Waals surface area contributed by atoms with Crippen molar-refractivity contribution < 1.29 is 16.8 Å². The molecule has 1 atom stereocenters. The van der Waals surface area contributed by atoms with Crippen LogP contribution in [0, 0.1) is 6.92 Å². The maximum absolute atomic E-state index is 13.2. The van der Waals surface area contributed by atoms with Gasteiger partial charge in [-0.05, 0) is 42.6 Å². The molecule has 1 aromatic heterocycles. The number of nitrogens with one attached hydrogen (secondary N) is 1. The van der Waals surface area contributed by atoms with E-state index in [1.807, 2.05) is 6.92 Å². The third kappa shape index (κ3) is 4.47. The zero-order valence-electron chi connectivity index (χ0n) is 14.6. The van der Waals surface area contributed by atoms with Crippen LogP contribution in [0.25, 0.3) is 0 Å². The molecule has 3 aromatic rings. The van der Waals surface area contributed by atoms with Gasteiger partial charge in [0, 0.05) is 11.4 Å². The van der Waals surface area contributed by atoms with Gasteiger partial charge in [0.25, 0.3) is 0 Å². The molecular formula is C19H19NO4S3. The van der Waals surface area contributed by atoms with E-state index in [2.05, 4.69) is 4.72 Å².